The summed E-state index contributed by atoms with van der Waals surface area (Å²) in [5.41, 5.74) is 2.85. The van der Waals surface area contributed by atoms with Crippen LogP contribution in [-0.4, -0.2) is 43.9 Å². The summed E-state index contributed by atoms with van der Waals surface area (Å²) >= 11 is 0. The van der Waals surface area contributed by atoms with Crippen molar-refractivity contribution in [3.05, 3.63) is 48.2 Å². The van der Waals surface area contributed by atoms with E-state index >= 15 is 0 Å². The molecule has 0 radical (unpaired) electrons. The van der Waals surface area contributed by atoms with Gasteiger partial charge in [0.05, 0.1) is 5.69 Å². The highest BCUT2D eigenvalue weighted by Gasteiger charge is 2.15. The van der Waals surface area contributed by atoms with E-state index in [0.29, 0.717) is 17.8 Å². The second-order valence-corrected chi connectivity index (χ2v) is 5.64. The van der Waals surface area contributed by atoms with E-state index in [4.69, 9.17) is 0 Å². The Balaban J connectivity index is 1.93. The van der Waals surface area contributed by atoms with E-state index in [1.54, 1.807) is 10.9 Å². The molecule has 0 spiro atoms. The third-order valence-corrected chi connectivity index (χ3v) is 4.00. The number of amides is 1. The quantitative estimate of drug-likeness (QED) is 0.699. The Morgan fingerprint density at radius 3 is 2.88 bits per heavy atom. The molecule has 0 unspecified atom stereocenters. The third-order valence-electron chi connectivity index (χ3n) is 4.00. The van der Waals surface area contributed by atoms with E-state index in [2.05, 4.69) is 22.2 Å². The topological polar surface area (TPSA) is 63.9 Å². The summed E-state index contributed by atoms with van der Waals surface area (Å²) in [7, 11) is 0. The maximum absolute atomic E-state index is 12.7. The first-order chi connectivity index (χ1) is 11.7. The van der Waals surface area contributed by atoms with E-state index < -0.39 is 0 Å². The van der Waals surface area contributed by atoms with Crippen LogP contribution in [0.3, 0.4) is 0 Å². The van der Waals surface area contributed by atoms with Crippen LogP contribution in [0.2, 0.25) is 0 Å². The highest BCUT2D eigenvalue weighted by atomic mass is 16.2. The Bertz CT molecular complexity index is 842. The molecule has 1 amide bonds. The molecule has 2 aromatic heterocycles. The Hall–Kier alpha value is -2.76. The van der Waals surface area contributed by atoms with Crippen molar-refractivity contribution in [3.8, 4) is 5.69 Å². The molecule has 0 bridgehead atoms. The molecule has 2 heterocycles. The Kier molecular flexibility index (Phi) is 4.84. The number of hydrogen-bond acceptors (Lipinski definition) is 4. The molecule has 6 heteroatoms. The molecule has 3 rings (SSSR count). The molecule has 0 fully saturated rings. The summed E-state index contributed by atoms with van der Waals surface area (Å²) in [6.07, 6.45) is 3.79. The highest BCUT2D eigenvalue weighted by molar-refractivity contribution is 5.94. The maximum atomic E-state index is 12.7. The minimum absolute atomic E-state index is 0.0465. The molecule has 0 aliphatic heterocycles. The lowest BCUT2D eigenvalue weighted by Gasteiger charge is -2.20. The van der Waals surface area contributed by atoms with Crippen LogP contribution in [0.1, 0.15) is 37.0 Å². The number of carbonyl (C=O) groups excluding carboxylic acids is 1. The van der Waals surface area contributed by atoms with Crippen LogP contribution >= 0.6 is 0 Å². The molecule has 6 nitrogen and oxygen atoms in total. The highest BCUT2D eigenvalue weighted by Crippen LogP contribution is 2.16. The Labute approximate surface area is 141 Å². The minimum atomic E-state index is 0.0465. The SMILES string of the molecule is CCCCN(CC)C(=O)c1cccc(-n2nnc3cccnc32)c1. The van der Waals surface area contributed by atoms with Gasteiger partial charge in [0, 0.05) is 24.8 Å². The van der Waals surface area contributed by atoms with Crippen LogP contribution in [-0.2, 0) is 0 Å². The monoisotopic (exact) mass is 323 g/mol. The molecule has 0 N–H and O–H groups in total. The van der Waals surface area contributed by atoms with Gasteiger partial charge in [-0.2, -0.15) is 4.68 Å². The van der Waals surface area contributed by atoms with Crippen molar-refractivity contribution in [2.75, 3.05) is 13.1 Å². The fourth-order valence-corrected chi connectivity index (χ4v) is 2.64. The average molecular weight is 323 g/mol. The van der Waals surface area contributed by atoms with Crippen molar-refractivity contribution in [3.63, 3.8) is 0 Å². The molecular weight excluding hydrogens is 302 g/mol. The van der Waals surface area contributed by atoms with Crippen LogP contribution in [0.5, 0.6) is 0 Å². The minimum Gasteiger partial charge on any atom is -0.339 e. The number of aromatic nitrogens is 4. The smallest absolute Gasteiger partial charge is 0.253 e. The zero-order valence-electron chi connectivity index (χ0n) is 14.0. The Morgan fingerprint density at radius 2 is 2.08 bits per heavy atom. The molecule has 0 saturated carbocycles. The van der Waals surface area contributed by atoms with Gasteiger partial charge in [-0.25, -0.2) is 4.98 Å². The van der Waals surface area contributed by atoms with Gasteiger partial charge in [-0.05, 0) is 43.7 Å². The van der Waals surface area contributed by atoms with Crippen molar-refractivity contribution >= 4 is 17.1 Å². The van der Waals surface area contributed by atoms with E-state index in [1.165, 1.54) is 0 Å². The summed E-state index contributed by atoms with van der Waals surface area (Å²) in [6, 6.07) is 11.2. The van der Waals surface area contributed by atoms with Crippen LogP contribution in [0.25, 0.3) is 16.9 Å². The number of pyridine rings is 1. The van der Waals surface area contributed by atoms with E-state index in [9.17, 15) is 4.79 Å². The number of fused-ring (bicyclic) bond motifs is 1. The number of benzene rings is 1. The molecule has 3 aromatic rings. The van der Waals surface area contributed by atoms with Gasteiger partial charge in [-0.15, -0.1) is 5.10 Å². The summed E-state index contributed by atoms with van der Waals surface area (Å²) in [4.78, 5) is 18.9. The first kappa shape index (κ1) is 16.1. The number of carbonyl (C=O) groups is 1. The largest absolute Gasteiger partial charge is 0.339 e. The second-order valence-electron chi connectivity index (χ2n) is 5.64. The fraction of sp³-hybridized carbons (Fsp3) is 0.333. The van der Waals surface area contributed by atoms with Crippen molar-refractivity contribution in [2.45, 2.75) is 26.7 Å². The predicted molar refractivity (Wildman–Crippen MR) is 93.1 cm³/mol. The van der Waals surface area contributed by atoms with Crippen LogP contribution in [0.4, 0.5) is 0 Å². The number of nitrogens with zero attached hydrogens (tertiary/aromatic N) is 5. The van der Waals surface area contributed by atoms with Crippen molar-refractivity contribution < 1.29 is 4.79 Å². The number of rotatable bonds is 6. The maximum Gasteiger partial charge on any atom is 0.253 e. The number of hydrogen-bond donors (Lipinski definition) is 0. The second kappa shape index (κ2) is 7.21. The van der Waals surface area contributed by atoms with E-state index in [0.717, 1.165) is 30.6 Å². The van der Waals surface area contributed by atoms with E-state index in [-0.39, 0.29) is 5.91 Å². The molecule has 24 heavy (non-hydrogen) atoms. The summed E-state index contributed by atoms with van der Waals surface area (Å²) in [5, 5.41) is 8.28. The van der Waals surface area contributed by atoms with Gasteiger partial charge in [0.25, 0.3) is 5.91 Å². The first-order valence-electron chi connectivity index (χ1n) is 8.30. The third kappa shape index (κ3) is 3.13. The van der Waals surface area contributed by atoms with Crippen molar-refractivity contribution in [1.29, 1.82) is 0 Å². The molecule has 1 aromatic carbocycles. The van der Waals surface area contributed by atoms with Gasteiger partial charge >= 0.3 is 0 Å². The van der Waals surface area contributed by atoms with Crippen molar-refractivity contribution in [1.82, 2.24) is 24.9 Å². The lowest BCUT2D eigenvalue weighted by Crippen LogP contribution is -2.31. The van der Waals surface area contributed by atoms with Gasteiger partial charge in [0.2, 0.25) is 0 Å². The van der Waals surface area contributed by atoms with Crippen molar-refractivity contribution in [2.24, 2.45) is 0 Å². The fourth-order valence-electron chi connectivity index (χ4n) is 2.64. The van der Waals surface area contributed by atoms with Gasteiger partial charge in [-0.1, -0.05) is 24.6 Å². The average Bonchev–Trinajstić information content (AvgIpc) is 3.06. The first-order valence-corrected chi connectivity index (χ1v) is 8.30. The molecule has 124 valence electrons. The number of unbranched alkanes of at least 4 members (excludes halogenated alkanes) is 1. The zero-order chi connectivity index (χ0) is 16.9. The van der Waals surface area contributed by atoms with Crippen LogP contribution in [0, 0.1) is 0 Å². The van der Waals surface area contributed by atoms with Crippen LogP contribution < -0.4 is 0 Å². The van der Waals surface area contributed by atoms with Gasteiger partial charge < -0.3 is 4.90 Å². The summed E-state index contributed by atoms with van der Waals surface area (Å²) in [5.74, 6) is 0.0465. The molecular formula is C18H21N5O. The lowest BCUT2D eigenvalue weighted by molar-refractivity contribution is 0.0762. The predicted octanol–water partition coefficient (Wildman–Crippen LogP) is 3.08. The summed E-state index contributed by atoms with van der Waals surface area (Å²) < 4.78 is 1.66. The molecule has 0 aliphatic rings. The van der Waals surface area contributed by atoms with E-state index in [1.807, 2.05) is 48.2 Å². The normalized spacial score (nSPS) is 10.9. The van der Waals surface area contributed by atoms with Gasteiger partial charge in [-0.3, -0.25) is 4.79 Å². The summed E-state index contributed by atoms with van der Waals surface area (Å²) in [6.45, 7) is 5.62. The Morgan fingerprint density at radius 1 is 1.21 bits per heavy atom. The lowest BCUT2D eigenvalue weighted by atomic mass is 10.1. The zero-order valence-corrected chi connectivity index (χ0v) is 14.0. The van der Waals surface area contributed by atoms with Gasteiger partial charge in [0.1, 0.15) is 5.52 Å². The standard InChI is InChI=1S/C18H21N5O/c1-3-5-12-22(4-2)18(24)14-8-6-9-15(13-14)23-17-16(20-21-23)10-7-11-19-17/h6-11,13H,3-5,12H2,1-2H3. The van der Waals surface area contributed by atoms with Crippen LogP contribution in [0.15, 0.2) is 42.6 Å². The molecule has 0 saturated heterocycles. The molecule has 0 aliphatic carbocycles. The van der Waals surface area contributed by atoms with Gasteiger partial charge in [0.15, 0.2) is 5.65 Å². The molecule has 0 atom stereocenters.